The molecule has 2 aromatic carbocycles. The molecule has 0 saturated heterocycles. The van der Waals surface area contributed by atoms with Gasteiger partial charge in [-0.1, -0.05) is 30.3 Å². The Morgan fingerprint density at radius 1 is 1.10 bits per heavy atom. The van der Waals surface area contributed by atoms with Gasteiger partial charge in [-0.2, -0.15) is 0 Å². The lowest BCUT2D eigenvalue weighted by Crippen LogP contribution is -2.12. The zero-order chi connectivity index (χ0) is 14.3. The van der Waals surface area contributed by atoms with E-state index in [2.05, 4.69) is 0 Å². The highest BCUT2D eigenvalue weighted by molar-refractivity contribution is 5.78. The molecule has 1 unspecified atom stereocenters. The number of nitrogens with two attached hydrogens (primary N) is 1. The molecule has 102 valence electrons. The van der Waals surface area contributed by atoms with Gasteiger partial charge >= 0.3 is 0 Å². The molecule has 0 fully saturated rings. The summed E-state index contributed by atoms with van der Waals surface area (Å²) in [4.78, 5) is 0. The van der Waals surface area contributed by atoms with Gasteiger partial charge in [0.2, 0.25) is 0 Å². The third-order valence-corrected chi connectivity index (χ3v) is 3.80. The van der Waals surface area contributed by atoms with Crippen LogP contribution in [0.2, 0.25) is 0 Å². The molecule has 2 N–H and O–H groups in total. The van der Waals surface area contributed by atoms with E-state index in [1.807, 2.05) is 44.2 Å². The largest absolute Gasteiger partial charge is 0.456 e. The summed E-state index contributed by atoms with van der Waals surface area (Å²) in [7, 11) is 0. The number of halogens is 1. The maximum atomic E-state index is 13.7. The lowest BCUT2D eigenvalue weighted by molar-refractivity contribution is 0.501. The number of furan rings is 1. The van der Waals surface area contributed by atoms with Gasteiger partial charge in [0.05, 0.1) is 6.04 Å². The Kier molecular flexibility index (Phi) is 3.07. The van der Waals surface area contributed by atoms with Crippen molar-refractivity contribution in [2.75, 3.05) is 0 Å². The predicted molar refractivity (Wildman–Crippen MR) is 78.1 cm³/mol. The van der Waals surface area contributed by atoms with E-state index in [1.54, 1.807) is 6.07 Å². The summed E-state index contributed by atoms with van der Waals surface area (Å²) < 4.78 is 19.3. The Hall–Kier alpha value is -2.13. The van der Waals surface area contributed by atoms with Crippen LogP contribution in [-0.4, -0.2) is 0 Å². The highest BCUT2D eigenvalue weighted by Gasteiger charge is 2.17. The van der Waals surface area contributed by atoms with E-state index in [0.717, 1.165) is 16.5 Å². The minimum absolute atomic E-state index is 0.267. The van der Waals surface area contributed by atoms with Crippen molar-refractivity contribution in [3.05, 3.63) is 70.7 Å². The Morgan fingerprint density at radius 3 is 2.60 bits per heavy atom. The lowest BCUT2D eigenvalue weighted by Gasteiger charge is -2.14. The predicted octanol–water partition coefficient (Wildman–Crippen LogP) is 4.24. The number of rotatable bonds is 2. The maximum Gasteiger partial charge on any atom is 0.169 e. The third-order valence-electron chi connectivity index (χ3n) is 3.80. The SMILES string of the molecule is Cc1cccc(C(N)c2cc3cccc(F)c3o2)c1C. The molecule has 1 heterocycles. The summed E-state index contributed by atoms with van der Waals surface area (Å²) >= 11 is 0. The number of benzene rings is 2. The average Bonchev–Trinajstić information content (AvgIpc) is 2.87. The molecule has 3 heteroatoms. The summed E-state index contributed by atoms with van der Waals surface area (Å²) in [5.41, 5.74) is 9.88. The molecule has 0 aliphatic carbocycles. The zero-order valence-electron chi connectivity index (χ0n) is 11.5. The molecule has 1 aromatic heterocycles. The molecule has 0 bridgehead atoms. The van der Waals surface area contributed by atoms with Crippen molar-refractivity contribution in [1.82, 2.24) is 0 Å². The molecule has 0 aliphatic heterocycles. The average molecular weight is 269 g/mol. The van der Waals surface area contributed by atoms with Gasteiger partial charge < -0.3 is 10.2 Å². The van der Waals surface area contributed by atoms with Gasteiger partial charge in [0.25, 0.3) is 0 Å². The van der Waals surface area contributed by atoms with E-state index < -0.39 is 0 Å². The van der Waals surface area contributed by atoms with Crippen LogP contribution in [0.1, 0.15) is 28.5 Å². The number of fused-ring (bicyclic) bond motifs is 1. The highest BCUT2D eigenvalue weighted by Crippen LogP contribution is 2.30. The zero-order valence-corrected chi connectivity index (χ0v) is 11.5. The second-order valence-corrected chi connectivity index (χ2v) is 5.07. The van der Waals surface area contributed by atoms with Crippen LogP contribution in [0.25, 0.3) is 11.0 Å². The number of hydrogen-bond donors (Lipinski definition) is 1. The normalized spacial score (nSPS) is 12.8. The number of hydrogen-bond acceptors (Lipinski definition) is 2. The third kappa shape index (κ3) is 2.00. The minimum atomic E-state index is -0.387. The molecule has 0 amide bonds. The summed E-state index contributed by atoms with van der Waals surface area (Å²) in [6.07, 6.45) is 0. The van der Waals surface area contributed by atoms with E-state index in [4.69, 9.17) is 10.2 Å². The summed E-state index contributed by atoms with van der Waals surface area (Å²) in [6, 6.07) is 12.3. The van der Waals surface area contributed by atoms with Gasteiger partial charge in [-0.15, -0.1) is 0 Å². The van der Waals surface area contributed by atoms with Crippen molar-refractivity contribution < 1.29 is 8.81 Å². The van der Waals surface area contributed by atoms with Crippen LogP contribution < -0.4 is 5.73 Å². The molecule has 2 nitrogen and oxygen atoms in total. The van der Waals surface area contributed by atoms with E-state index in [9.17, 15) is 4.39 Å². The molecule has 20 heavy (non-hydrogen) atoms. The van der Waals surface area contributed by atoms with Crippen LogP contribution in [0, 0.1) is 19.7 Å². The Balaban J connectivity index is 2.10. The molecule has 3 aromatic rings. The Morgan fingerprint density at radius 2 is 1.85 bits per heavy atom. The number of para-hydroxylation sites is 1. The first-order chi connectivity index (χ1) is 9.58. The van der Waals surface area contributed by atoms with Crippen molar-refractivity contribution >= 4 is 11.0 Å². The summed E-state index contributed by atoms with van der Waals surface area (Å²) in [5, 5.41) is 0.737. The molecule has 0 radical (unpaired) electrons. The number of aryl methyl sites for hydroxylation is 1. The highest BCUT2D eigenvalue weighted by atomic mass is 19.1. The van der Waals surface area contributed by atoms with Crippen LogP contribution in [0.5, 0.6) is 0 Å². The van der Waals surface area contributed by atoms with E-state index in [1.165, 1.54) is 11.6 Å². The summed E-state index contributed by atoms with van der Waals surface area (Å²) in [5.74, 6) is 0.223. The van der Waals surface area contributed by atoms with E-state index in [0.29, 0.717) is 5.76 Å². The second-order valence-electron chi connectivity index (χ2n) is 5.07. The van der Waals surface area contributed by atoms with Crippen LogP contribution in [-0.2, 0) is 0 Å². The molecule has 0 saturated carbocycles. The van der Waals surface area contributed by atoms with E-state index >= 15 is 0 Å². The topological polar surface area (TPSA) is 39.2 Å². The molecular weight excluding hydrogens is 253 g/mol. The lowest BCUT2D eigenvalue weighted by atomic mass is 9.96. The van der Waals surface area contributed by atoms with Crippen LogP contribution in [0.15, 0.2) is 46.9 Å². The fourth-order valence-corrected chi connectivity index (χ4v) is 2.46. The maximum absolute atomic E-state index is 13.7. The van der Waals surface area contributed by atoms with Crippen molar-refractivity contribution in [3.8, 4) is 0 Å². The fraction of sp³-hybridized carbons (Fsp3) is 0.176. The Bertz CT molecular complexity index is 776. The molecule has 0 aliphatic rings. The molecular formula is C17H16FNO. The van der Waals surface area contributed by atoms with E-state index in [-0.39, 0.29) is 17.4 Å². The minimum Gasteiger partial charge on any atom is -0.456 e. The van der Waals surface area contributed by atoms with Crippen molar-refractivity contribution in [2.45, 2.75) is 19.9 Å². The smallest absolute Gasteiger partial charge is 0.169 e. The van der Waals surface area contributed by atoms with Gasteiger partial charge in [0.1, 0.15) is 5.76 Å². The molecule has 1 atom stereocenters. The van der Waals surface area contributed by atoms with Gasteiger partial charge in [0, 0.05) is 5.39 Å². The van der Waals surface area contributed by atoms with Crippen LogP contribution in [0.3, 0.4) is 0 Å². The molecule has 3 rings (SSSR count). The standard InChI is InChI=1S/C17H16FNO/c1-10-5-3-7-13(11(10)2)16(19)15-9-12-6-4-8-14(18)17(12)20-15/h3-9,16H,19H2,1-2H3. The van der Waals surface area contributed by atoms with Gasteiger partial charge in [-0.25, -0.2) is 4.39 Å². The van der Waals surface area contributed by atoms with Gasteiger partial charge in [-0.05, 0) is 42.7 Å². The quantitative estimate of drug-likeness (QED) is 0.756. The van der Waals surface area contributed by atoms with Crippen molar-refractivity contribution in [3.63, 3.8) is 0 Å². The first kappa shape index (κ1) is 12.9. The monoisotopic (exact) mass is 269 g/mol. The van der Waals surface area contributed by atoms with Crippen LogP contribution >= 0.6 is 0 Å². The van der Waals surface area contributed by atoms with Crippen molar-refractivity contribution in [2.24, 2.45) is 5.73 Å². The first-order valence-corrected chi connectivity index (χ1v) is 6.57. The molecule has 0 spiro atoms. The Labute approximate surface area is 117 Å². The van der Waals surface area contributed by atoms with Crippen LogP contribution in [0.4, 0.5) is 4.39 Å². The van der Waals surface area contributed by atoms with Crippen molar-refractivity contribution in [1.29, 1.82) is 0 Å². The van der Waals surface area contributed by atoms with Gasteiger partial charge in [0.15, 0.2) is 11.4 Å². The first-order valence-electron chi connectivity index (χ1n) is 6.57. The fourth-order valence-electron chi connectivity index (χ4n) is 2.46. The van der Waals surface area contributed by atoms with Gasteiger partial charge in [-0.3, -0.25) is 0 Å². The summed E-state index contributed by atoms with van der Waals surface area (Å²) in [6.45, 7) is 4.08. The second kappa shape index (κ2) is 4.76.